The summed E-state index contributed by atoms with van der Waals surface area (Å²) < 4.78 is 43.4. The van der Waals surface area contributed by atoms with Crippen LogP contribution in [0.15, 0.2) is 46.9 Å². The number of hydrogen-bond acceptors (Lipinski definition) is 2. The highest BCUT2D eigenvalue weighted by Gasteiger charge is 2.30. The fourth-order valence-corrected chi connectivity index (χ4v) is 2.56. The topological polar surface area (TPSA) is 29.5 Å². The van der Waals surface area contributed by atoms with E-state index in [-0.39, 0.29) is 12.5 Å². The molecule has 0 atom stereocenters. The number of ether oxygens (including phenoxy) is 1. The van der Waals surface area contributed by atoms with Gasteiger partial charge in [-0.15, -0.1) is 0 Å². The Morgan fingerprint density at radius 3 is 2.33 bits per heavy atom. The van der Waals surface area contributed by atoms with Gasteiger partial charge in [0, 0.05) is 18.1 Å². The van der Waals surface area contributed by atoms with Crippen molar-refractivity contribution in [3.63, 3.8) is 0 Å². The van der Waals surface area contributed by atoms with Gasteiger partial charge < -0.3 is 9.64 Å². The van der Waals surface area contributed by atoms with E-state index in [1.165, 1.54) is 24.1 Å². The van der Waals surface area contributed by atoms with Crippen LogP contribution < -0.4 is 4.74 Å². The van der Waals surface area contributed by atoms with Gasteiger partial charge in [-0.2, -0.15) is 13.2 Å². The summed E-state index contributed by atoms with van der Waals surface area (Å²) in [5.74, 6) is 0.283. The molecule has 0 unspecified atom stereocenters. The van der Waals surface area contributed by atoms with Crippen LogP contribution in [0.2, 0.25) is 0 Å². The summed E-state index contributed by atoms with van der Waals surface area (Å²) in [5.41, 5.74) is 0.317. The zero-order valence-corrected chi connectivity index (χ0v) is 14.6. The standard InChI is InChI=1S/C17H15BrF3NO2/c1-22(10-11-3-5-12(6-4-11)17(19,20)21)16(23)14-9-13(24-2)7-8-15(14)18/h3-9H,10H2,1-2H3. The molecule has 0 saturated heterocycles. The van der Waals surface area contributed by atoms with E-state index >= 15 is 0 Å². The van der Waals surface area contributed by atoms with Crippen molar-refractivity contribution in [1.29, 1.82) is 0 Å². The van der Waals surface area contributed by atoms with Gasteiger partial charge in [-0.3, -0.25) is 4.79 Å². The van der Waals surface area contributed by atoms with Gasteiger partial charge in [0.05, 0.1) is 18.2 Å². The van der Waals surface area contributed by atoms with Gasteiger partial charge in [-0.05, 0) is 51.8 Å². The van der Waals surface area contributed by atoms with E-state index in [1.54, 1.807) is 25.2 Å². The molecule has 0 aromatic heterocycles. The molecule has 7 heteroatoms. The number of nitrogens with zero attached hydrogens (tertiary/aromatic N) is 1. The van der Waals surface area contributed by atoms with Crippen molar-refractivity contribution in [1.82, 2.24) is 4.90 Å². The smallest absolute Gasteiger partial charge is 0.416 e. The van der Waals surface area contributed by atoms with Crippen LogP contribution in [0.4, 0.5) is 13.2 Å². The molecule has 0 radical (unpaired) electrons. The summed E-state index contributed by atoms with van der Waals surface area (Å²) in [6.07, 6.45) is -4.37. The van der Waals surface area contributed by atoms with Gasteiger partial charge in [-0.25, -0.2) is 0 Å². The van der Waals surface area contributed by atoms with Crippen molar-refractivity contribution in [2.45, 2.75) is 12.7 Å². The predicted octanol–water partition coefficient (Wildman–Crippen LogP) is 4.75. The van der Waals surface area contributed by atoms with Crippen LogP contribution in [-0.2, 0) is 12.7 Å². The molecule has 0 aliphatic heterocycles. The quantitative estimate of drug-likeness (QED) is 0.739. The predicted molar refractivity (Wildman–Crippen MR) is 87.9 cm³/mol. The molecule has 0 fully saturated rings. The highest BCUT2D eigenvalue weighted by molar-refractivity contribution is 9.10. The van der Waals surface area contributed by atoms with Crippen LogP contribution in [-0.4, -0.2) is 25.0 Å². The lowest BCUT2D eigenvalue weighted by atomic mass is 10.1. The van der Waals surface area contributed by atoms with Crippen molar-refractivity contribution in [3.8, 4) is 5.75 Å². The van der Waals surface area contributed by atoms with Crippen molar-refractivity contribution >= 4 is 21.8 Å². The Balaban J connectivity index is 2.14. The minimum Gasteiger partial charge on any atom is -0.497 e. The maximum Gasteiger partial charge on any atom is 0.416 e. The third-order valence-electron chi connectivity index (χ3n) is 3.45. The average molecular weight is 402 g/mol. The van der Waals surface area contributed by atoms with Gasteiger partial charge in [-0.1, -0.05) is 12.1 Å². The molecule has 2 aromatic carbocycles. The number of hydrogen-bond donors (Lipinski definition) is 0. The SMILES string of the molecule is COc1ccc(Br)c(C(=O)N(C)Cc2ccc(C(F)(F)F)cc2)c1. The number of methoxy groups -OCH3 is 1. The Hall–Kier alpha value is -2.02. The largest absolute Gasteiger partial charge is 0.497 e. The van der Waals surface area contributed by atoms with Crippen LogP contribution >= 0.6 is 15.9 Å². The van der Waals surface area contributed by atoms with Crippen molar-refractivity contribution < 1.29 is 22.7 Å². The van der Waals surface area contributed by atoms with E-state index in [2.05, 4.69) is 15.9 Å². The van der Waals surface area contributed by atoms with Gasteiger partial charge in [0.1, 0.15) is 5.75 Å². The second kappa shape index (κ2) is 7.25. The highest BCUT2D eigenvalue weighted by Crippen LogP contribution is 2.29. The lowest BCUT2D eigenvalue weighted by Gasteiger charge is -2.19. The van der Waals surface area contributed by atoms with Crippen LogP contribution in [0, 0.1) is 0 Å². The van der Waals surface area contributed by atoms with Crippen LogP contribution in [0.1, 0.15) is 21.5 Å². The summed E-state index contributed by atoms with van der Waals surface area (Å²) in [5, 5.41) is 0. The number of carbonyl (C=O) groups is 1. The highest BCUT2D eigenvalue weighted by atomic mass is 79.9. The minimum absolute atomic E-state index is 0.195. The Labute approximate surface area is 146 Å². The fraction of sp³-hybridized carbons (Fsp3) is 0.235. The summed E-state index contributed by atoms with van der Waals surface area (Å²) in [6, 6.07) is 9.79. The Bertz CT molecular complexity index is 730. The first kappa shape index (κ1) is 18.3. The summed E-state index contributed by atoms with van der Waals surface area (Å²) in [6.45, 7) is 0.195. The molecule has 2 rings (SSSR count). The van der Waals surface area contributed by atoms with Crippen molar-refractivity contribution in [3.05, 3.63) is 63.6 Å². The number of carbonyl (C=O) groups excluding carboxylic acids is 1. The third-order valence-corrected chi connectivity index (χ3v) is 4.14. The summed E-state index contributed by atoms with van der Waals surface area (Å²) in [4.78, 5) is 14.0. The molecular weight excluding hydrogens is 387 g/mol. The zero-order chi connectivity index (χ0) is 17.9. The summed E-state index contributed by atoms with van der Waals surface area (Å²) in [7, 11) is 3.09. The lowest BCUT2D eigenvalue weighted by Crippen LogP contribution is -2.26. The maximum absolute atomic E-state index is 12.6. The van der Waals surface area contributed by atoms with E-state index in [0.717, 1.165) is 12.1 Å². The molecule has 0 spiro atoms. The van der Waals surface area contributed by atoms with Gasteiger partial charge in [0.15, 0.2) is 0 Å². The fourth-order valence-electron chi connectivity index (χ4n) is 2.15. The molecule has 0 aliphatic carbocycles. The molecule has 0 heterocycles. The summed E-state index contributed by atoms with van der Waals surface area (Å²) >= 11 is 3.32. The minimum atomic E-state index is -4.37. The number of amides is 1. The second-order valence-electron chi connectivity index (χ2n) is 5.20. The molecule has 1 amide bonds. The second-order valence-corrected chi connectivity index (χ2v) is 6.06. The molecule has 24 heavy (non-hydrogen) atoms. The van der Waals surface area contributed by atoms with E-state index in [0.29, 0.717) is 21.3 Å². The molecular formula is C17H15BrF3NO2. The Morgan fingerprint density at radius 1 is 1.17 bits per heavy atom. The van der Waals surface area contributed by atoms with Gasteiger partial charge >= 0.3 is 6.18 Å². The first-order valence-corrected chi connectivity index (χ1v) is 7.77. The molecule has 128 valence electrons. The molecule has 0 N–H and O–H groups in total. The molecule has 0 saturated carbocycles. The van der Waals surface area contributed by atoms with Crippen LogP contribution in [0.5, 0.6) is 5.75 Å². The number of benzene rings is 2. The molecule has 2 aromatic rings. The third kappa shape index (κ3) is 4.29. The van der Waals surface area contributed by atoms with E-state index in [1.807, 2.05) is 0 Å². The van der Waals surface area contributed by atoms with Crippen molar-refractivity contribution in [2.75, 3.05) is 14.2 Å². The first-order chi connectivity index (χ1) is 11.2. The Kier molecular flexibility index (Phi) is 5.54. The maximum atomic E-state index is 12.6. The molecule has 0 bridgehead atoms. The first-order valence-electron chi connectivity index (χ1n) is 6.97. The monoisotopic (exact) mass is 401 g/mol. The number of halogens is 4. The van der Waals surface area contributed by atoms with E-state index in [4.69, 9.17) is 4.74 Å². The molecule has 3 nitrogen and oxygen atoms in total. The van der Waals surface area contributed by atoms with Gasteiger partial charge in [0.25, 0.3) is 5.91 Å². The van der Waals surface area contributed by atoms with Crippen LogP contribution in [0.25, 0.3) is 0 Å². The average Bonchev–Trinajstić information content (AvgIpc) is 2.54. The molecule has 0 aliphatic rings. The normalized spacial score (nSPS) is 11.2. The van der Waals surface area contributed by atoms with E-state index in [9.17, 15) is 18.0 Å². The van der Waals surface area contributed by atoms with Gasteiger partial charge in [0.2, 0.25) is 0 Å². The number of alkyl halides is 3. The van der Waals surface area contributed by atoms with Crippen LogP contribution in [0.3, 0.4) is 0 Å². The van der Waals surface area contributed by atoms with Crippen molar-refractivity contribution in [2.24, 2.45) is 0 Å². The lowest BCUT2D eigenvalue weighted by molar-refractivity contribution is -0.137. The van der Waals surface area contributed by atoms with E-state index < -0.39 is 11.7 Å². The number of rotatable bonds is 4. The zero-order valence-electron chi connectivity index (χ0n) is 13.0. The Morgan fingerprint density at radius 2 is 1.79 bits per heavy atom.